The number of anilines is 2. The molecule has 1 aliphatic heterocycles. The summed E-state index contributed by atoms with van der Waals surface area (Å²) >= 11 is 0. The van der Waals surface area contributed by atoms with Gasteiger partial charge in [-0.15, -0.1) is 0 Å². The van der Waals surface area contributed by atoms with Crippen LogP contribution in [0.3, 0.4) is 0 Å². The fourth-order valence-corrected chi connectivity index (χ4v) is 5.00. The van der Waals surface area contributed by atoms with Crippen molar-refractivity contribution in [3.05, 3.63) is 59.9 Å². The zero-order valence-electron chi connectivity index (χ0n) is 21.3. The van der Waals surface area contributed by atoms with Crippen LogP contribution in [0.5, 0.6) is 0 Å². The first-order valence-corrected chi connectivity index (χ1v) is 12.9. The lowest BCUT2D eigenvalue weighted by molar-refractivity contribution is -0.138. The van der Waals surface area contributed by atoms with Crippen LogP contribution in [-0.4, -0.2) is 80.5 Å². The molecule has 37 heavy (non-hydrogen) atoms. The Morgan fingerprint density at radius 3 is 2.32 bits per heavy atom. The Hall–Kier alpha value is -3.46. The summed E-state index contributed by atoms with van der Waals surface area (Å²) < 4.78 is 19.1. The number of ether oxygens (including phenoxy) is 1. The lowest BCUT2D eigenvalue weighted by Crippen LogP contribution is -2.49. The van der Waals surface area contributed by atoms with E-state index in [1.807, 2.05) is 24.3 Å². The maximum Gasteiger partial charge on any atom is 0.256 e. The highest BCUT2D eigenvalue weighted by atomic mass is 19.1. The fourth-order valence-electron chi connectivity index (χ4n) is 5.00. The van der Waals surface area contributed by atoms with Crippen LogP contribution in [-0.2, 0) is 14.3 Å². The zero-order valence-corrected chi connectivity index (χ0v) is 21.3. The Labute approximate surface area is 217 Å². The molecule has 0 unspecified atom stereocenters. The predicted molar refractivity (Wildman–Crippen MR) is 140 cm³/mol. The Kier molecular flexibility index (Phi) is 9.11. The standard InChI is InChI=1S/C28H35FN4O4/c1-37-19-18-33(27(35)21-6-2-3-7-21)20-26(34)30-22-10-12-23(13-11-22)31-14-16-32(17-15-31)28(36)24-8-4-5-9-25(24)29/h4-5,8-13,21H,2-3,6-7,14-20H2,1H3,(H,30,34). The number of carbonyl (C=O) groups excluding carboxylic acids is 3. The summed E-state index contributed by atoms with van der Waals surface area (Å²) in [5.41, 5.74) is 1.73. The number of benzene rings is 2. The van der Waals surface area contributed by atoms with Gasteiger partial charge in [0.2, 0.25) is 11.8 Å². The first-order chi connectivity index (χ1) is 18.0. The van der Waals surface area contributed by atoms with Crippen molar-refractivity contribution in [2.24, 2.45) is 5.92 Å². The number of nitrogens with zero attached hydrogens (tertiary/aromatic N) is 3. The number of halogens is 1. The van der Waals surface area contributed by atoms with E-state index in [2.05, 4.69) is 10.2 Å². The minimum absolute atomic E-state index is 0.00155. The number of rotatable bonds is 9. The summed E-state index contributed by atoms with van der Waals surface area (Å²) in [5, 5.41) is 2.89. The minimum Gasteiger partial charge on any atom is -0.383 e. The molecule has 4 rings (SSSR count). The molecule has 1 aliphatic carbocycles. The average Bonchev–Trinajstić information content (AvgIpc) is 3.46. The van der Waals surface area contributed by atoms with Crippen molar-refractivity contribution < 1.29 is 23.5 Å². The summed E-state index contributed by atoms with van der Waals surface area (Å²) in [4.78, 5) is 43.7. The van der Waals surface area contributed by atoms with E-state index in [1.165, 1.54) is 12.1 Å². The maximum absolute atomic E-state index is 14.0. The van der Waals surface area contributed by atoms with Gasteiger partial charge in [-0.05, 0) is 49.2 Å². The average molecular weight is 511 g/mol. The van der Waals surface area contributed by atoms with Crippen LogP contribution in [0.2, 0.25) is 0 Å². The van der Waals surface area contributed by atoms with Gasteiger partial charge < -0.3 is 24.8 Å². The third kappa shape index (κ3) is 6.85. The molecule has 198 valence electrons. The quantitative estimate of drug-likeness (QED) is 0.559. The van der Waals surface area contributed by atoms with Gasteiger partial charge in [0, 0.05) is 57.1 Å². The molecule has 1 heterocycles. The SMILES string of the molecule is COCCN(CC(=O)Nc1ccc(N2CCN(C(=O)c3ccccc3F)CC2)cc1)C(=O)C1CCCC1. The molecule has 2 aromatic carbocycles. The van der Waals surface area contributed by atoms with Crippen molar-refractivity contribution in [3.8, 4) is 0 Å². The summed E-state index contributed by atoms with van der Waals surface area (Å²) in [7, 11) is 1.58. The van der Waals surface area contributed by atoms with Gasteiger partial charge in [0.15, 0.2) is 0 Å². The number of carbonyl (C=O) groups is 3. The first kappa shape index (κ1) is 26.6. The van der Waals surface area contributed by atoms with Crippen LogP contribution in [0, 0.1) is 11.7 Å². The van der Waals surface area contributed by atoms with Gasteiger partial charge >= 0.3 is 0 Å². The molecule has 0 atom stereocenters. The third-order valence-corrected chi connectivity index (χ3v) is 7.10. The van der Waals surface area contributed by atoms with Crippen molar-refractivity contribution in [2.75, 3.05) is 63.2 Å². The Morgan fingerprint density at radius 2 is 1.68 bits per heavy atom. The van der Waals surface area contributed by atoms with Gasteiger partial charge in [0.1, 0.15) is 5.82 Å². The molecule has 9 heteroatoms. The molecule has 1 saturated carbocycles. The van der Waals surface area contributed by atoms with Crippen molar-refractivity contribution >= 4 is 29.1 Å². The van der Waals surface area contributed by atoms with Crippen molar-refractivity contribution in [1.29, 1.82) is 0 Å². The molecular formula is C28H35FN4O4. The zero-order chi connectivity index (χ0) is 26.2. The number of nitrogens with one attached hydrogen (secondary N) is 1. The molecular weight excluding hydrogens is 475 g/mol. The summed E-state index contributed by atoms with van der Waals surface area (Å²) in [6, 6.07) is 13.6. The van der Waals surface area contributed by atoms with E-state index in [0.717, 1.165) is 31.4 Å². The van der Waals surface area contributed by atoms with E-state index in [-0.39, 0.29) is 35.7 Å². The molecule has 1 saturated heterocycles. The second-order valence-corrected chi connectivity index (χ2v) is 9.59. The van der Waals surface area contributed by atoms with Gasteiger partial charge in [-0.3, -0.25) is 14.4 Å². The van der Waals surface area contributed by atoms with E-state index >= 15 is 0 Å². The molecule has 8 nitrogen and oxygen atoms in total. The number of hydrogen-bond acceptors (Lipinski definition) is 5. The van der Waals surface area contributed by atoms with Gasteiger partial charge in [-0.2, -0.15) is 0 Å². The van der Waals surface area contributed by atoms with E-state index < -0.39 is 5.82 Å². The summed E-state index contributed by atoms with van der Waals surface area (Å²) in [6.45, 7) is 3.03. The van der Waals surface area contributed by atoms with Crippen LogP contribution in [0.15, 0.2) is 48.5 Å². The number of amides is 3. The van der Waals surface area contributed by atoms with Crippen LogP contribution >= 0.6 is 0 Å². The molecule has 0 bridgehead atoms. The largest absolute Gasteiger partial charge is 0.383 e. The molecule has 2 aromatic rings. The van der Waals surface area contributed by atoms with Gasteiger partial charge in [-0.1, -0.05) is 25.0 Å². The topological polar surface area (TPSA) is 82.2 Å². The molecule has 2 aliphatic rings. The van der Waals surface area contributed by atoms with Gasteiger partial charge in [0.05, 0.1) is 18.7 Å². The third-order valence-electron chi connectivity index (χ3n) is 7.10. The second-order valence-electron chi connectivity index (χ2n) is 9.59. The highest BCUT2D eigenvalue weighted by Crippen LogP contribution is 2.26. The second kappa shape index (κ2) is 12.7. The fraction of sp³-hybridized carbons (Fsp3) is 0.464. The number of methoxy groups -OCH3 is 1. The summed E-state index contributed by atoms with van der Waals surface area (Å²) in [5.74, 6) is -0.992. The molecule has 2 fully saturated rings. The van der Waals surface area contributed by atoms with Crippen LogP contribution < -0.4 is 10.2 Å². The number of piperazine rings is 1. The number of hydrogen-bond donors (Lipinski definition) is 1. The van der Waals surface area contributed by atoms with E-state index in [1.54, 1.807) is 29.0 Å². The van der Waals surface area contributed by atoms with E-state index in [9.17, 15) is 18.8 Å². The first-order valence-electron chi connectivity index (χ1n) is 12.9. The highest BCUT2D eigenvalue weighted by molar-refractivity contribution is 5.95. The normalized spacial score (nSPS) is 16.1. The molecule has 1 N–H and O–H groups in total. The highest BCUT2D eigenvalue weighted by Gasteiger charge is 2.28. The van der Waals surface area contributed by atoms with Crippen molar-refractivity contribution in [1.82, 2.24) is 9.80 Å². The Balaban J connectivity index is 1.28. The van der Waals surface area contributed by atoms with Gasteiger partial charge in [0.25, 0.3) is 5.91 Å². The minimum atomic E-state index is -0.503. The van der Waals surface area contributed by atoms with Crippen LogP contribution in [0.1, 0.15) is 36.0 Å². The van der Waals surface area contributed by atoms with E-state index in [0.29, 0.717) is 45.0 Å². The smallest absolute Gasteiger partial charge is 0.256 e. The molecule has 3 amide bonds. The molecule has 0 aromatic heterocycles. The monoisotopic (exact) mass is 510 g/mol. The Bertz CT molecular complexity index is 1080. The van der Waals surface area contributed by atoms with E-state index in [4.69, 9.17) is 4.74 Å². The van der Waals surface area contributed by atoms with Crippen molar-refractivity contribution in [3.63, 3.8) is 0 Å². The van der Waals surface area contributed by atoms with Gasteiger partial charge in [-0.25, -0.2) is 4.39 Å². The lowest BCUT2D eigenvalue weighted by Gasteiger charge is -2.36. The predicted octanol–water partition coefficient (Wildman–Crippen LogP) is 3.39. The lowest BCUT2D eigenvalue weighted by atomic mass is 10.1. The maximum atomic E-state index is 14.0. The van der Waals surface area contributed by atoms with Crippen molar-refractivity contribution in [2.45, 2.75) is 25.7 Å². The van der Waals surface area contributed by atoms with Crippen LogP contribution in [0.4, 0.5) is 15.8 Å². The van der Waals surface area contributed by atoms with Crippen LogP contribution in [0.25, 0.3) is 0 Å². The molecule has 0 radical (unpaired) electrons. The summed E-state index contributed by atoms with van der Waals surface area (Å²) in [6.07, 6.45) is 3.89. The Morgan fingerprint density at radius 1 is 1.00 bits per heavy atom. The molecule has 0 spiro atoms.